The van der Waals surface area contributed by atoms with Crippen molar-refractivity contribution >= 4 is 38.2 Å². The highest BCUT2D eigenvalue weighted by atomic mass is 32.2. The Kier molecular flexibility index (Phi) is 7.91. The number of hydrogen-bond acceptors (Lipinski definition) is 8. The van der Waals surface area contributed by atoms with E-state index in [0.29, 0.717) is 55.4 Å². The van der Waals surface area contributed by atoms with Gasteiger partial charge in [-0.25, -0.2) is 13.2 Å². The first-order valence-corrected chi connectivity index (χ1v) is 14.6. The van der Waals surface area contributed by atoms with Crippen molar-refractivity contribution in [2.45, 2.75) is 24.4 Å². The summed E-state index contributed by atoms with van der Waals surface area (Å²) in [7, 11) is -2.33. The number of ether oxygens (including phenoxy) is 2. The van der Waals surface area contributed by atoms with E-state index in [0.717, 1.165) is 23.5 Å². The van der Waals surface area contributed by atoms with Gasteiger partial charge in [0.25, 0.3) is 5.91 Å². The van der Waals surface area contributed by atoms with Gasteiger partial charge in [0.1, 0.15) is 5.00 Å². The van der Waals surface area contributed by atoms with E-state index in [1.54, 1.807) is 0 Å². The molecule has 2 aliphatic heterocycles. The molecule has 0 saturated carbocycles. The molecule has 0 atom stereocenters. The molecule has 0 radical (unpaired) electrons. The minimum atomic E-state index is -3.66. The SMILES string of the molecule is COC(=O)c1c(NC(=O)c2ccc(S(=O)(=O)N3CCOCC3)cc2)sc2c1CCN(Cc1ccccc1)C2. The summed E-state index contributed by atoms with van der Waals surface area (Å²) in [6, 6.07) is 16.0. The number of nitrogens with one attached hydrogen (secondary N) is 1. The Morgan fingerprint density at radius 1 is 1.03 bits per heavy atom. The fourth-order valence-electron chi connectivity index (χ4n) is 4.73. The Hall–Kier alpha value is -3.09. The van der Waals surface area contributed by atoms with Crippen LogP contribution in [-0.4, -0.2) is 69.5 Å². The Balaban J connectivity index is 1.33. The molecular weight excluding hydrogens is 526 g/mol. The van der Waals surface area contributed by atoms with Crippen LogP contribution in [0.25, 0.3) is 0 Å². The maximum absolute atomic E-state index is 13.1. The number of sulfonamides is 1. The number of esters is 1. The summed E-state index contributed by atoms with van der Waals surface area (Å²) in [4.78, 5) is 29.3. The highest BCUT2D eigenvalue weighted by molar-refractivity contribution is 7.89. The zero-order valence-electron chi connectivity index (χ0n) is 21.0. The standard InChI is InChI=1S/C27H29N3O6S2/c1-35-27(32)24-22-11-12-29(17-19-5-3-2-4-6-19)18-23(22)37-26(24)28-25(31)20-7-9-21(10-8-20)38(33,34)30-13-15-36-16-14-30/h2-10H,11-18H2,1H3,(H,28,31). The van der Waals surface area contributed by atoms with Crippen molar-refractivity contribution in [2.75, 3.05) is 45.3 Å². The van der Waals surface area contributed by atoms with Crippen LogP contribution in [0.1, 0.15) is 36.7 Å². The number of methoxy groups -OCH3 is 1. The van der Waals surface area contributed by atoms with Crippen molar-refractivity contribution in [1.29, 1.82) is 0 Å². The molecule has 2 aliphatic rings. The fraction of sp³-hybridized carbons (Fsp3) is 0.333. The van der Waals surface area contributed by atoms with Gasteiger partial charge in [-0.3, -0.25) is 9.69 Å². The van der Waals surface area contributed by atoms with Crippen LogP contribution >= 0.6 is 11.3 Å². The van der Waals surface area contributed by atoms with E-state index in [9.17, 15) is 18.0 Å². The molecule has 1 aromatic heterocycles. The lowest BCUT2D eigenvalue weighted by atomic mass is 10.0. The van der Waals surface area contributed by atoms with E-state index in [1.807, 2.05) is 18.2 Å². The lowest BCUT2D eigenvalue weighted by Gasteiger charge is -2.27. The quantitative estimate of drug-likeness (QED) is 0.446. The molecule has 0 unspecified atom stereocenters. The van der Waals surface area contributed by atoms with Gasteiger partial charge in [-0.05, 0) is 41.8 Å². The van der Waals surface area contributed by atoms with E-state index < -0.39 is 21.9 Å². The average molecular weight is 556 g/mol. The third-order valence-corrected chi connectivity index (χ3v) is 9.77. The van der Waals surface area contributed by atoms with Gasteiger partial charge >= 0.3 is 5.97 Å². The van der Waals surface area contributed by atoms with E-state index in [1.165, 1.54) is 52.6 Å². The predicted octanol–water partition coefficient (Wildman–Crippen LogP) is 3.37. The van der Waals surface area contributed by atoms with Crippen molar-refractivity contribution in [3.63, 3.8) is 0 Å². The van der Waals surface area contributed by atoms with Gasteiger partial charge in [-0.15, -0.1) is 11.3 Å². The van der Waals surface area contributed by atoms with Crippen molar-refractivity contribution in [3.8, 4) is 0 Å². The second-order valence-electron chi connectivity index (χ2n) is 9.14. The number of rotatable bonds is 7. The number of hydrogen-bond donors (Lipinski definition) is 1. The highest BCUT2D eigenvalue weighted by Gasteiger charge is 2.30. The number of carbonyl (C=O) groups excluding carboxylic acids is 2. The predicted molar refractivity (Wildman–Crippen MR) is 144 cm³/mol. The van der Waals surface area contributed by atoms with Crippen molar-refractivity contribution in [2.24, 2.45) is 0 Å². The Labute approximate surface area is 226 Å². The number of anilines is 1. The molecule has 38 heavy (non-hydrogen) atoms. The van der Waals surface area contributed by atoms with E-state index in [-0.39, 0.29) is 4.90 Å². The molecule has 3 aromatic rings. The van der Waals surface area contributed by atoms with Crippen LogP contribution in [-0.2, 0) is 39.0 Å². The average Bonchev–Trinajstić information content (AvgIpc) is 3.30. The van der Waals surface area contributed by atoms with Crippen LogP contribution in [0.15, 0.2) is 59.5 Å². The second kappa shape index (κ2) is 11.3. The van der Waals surface area contributed by atoms with Gasteiger partial charge in [0, 0.05) is 43.2 Å². The van der Waals surface area contributed by atoms with Gasteiger partial charge in [0.2, 0.25) is 10.0 Å². The minimum Gasteiger partial charge on any atom is -0.465 e. The maximum atomic E-state index is 13.1. The summed E-state index contributed by atoms with van der Waals surface area (Å²) in [5, 5.41) is 3.31. The first-order chi connectivity index (χ1) is 18.4. The zero-order valence-corrected chi connectivity index (χ0v) is 22.6. The molecule has 1 saturated heterocycles. The molecule has 0 spiro atoms. The second-order valence-corrected chi connectivity index (χ2v) is 12.2. The molecule has 0 bridgehead atoms. The smallest absolute Gasteiger partial charge is 0.341 e. The molecule has 1 amide bonds. The number of carbonyl (C=O) groups is 2. The van der Waals surface area contributed by atoms with Gasteiger partial charge in [-0.2, -0.15) is 4.31 Å². The molecule has 200 valence electrons. The number of amides is 1. The molecule has 9 nitrogen and oxygen atoms in total. The van der Waals surface area contributed by atoms with Crippen LogP contribution in [0, 0.1) is 0 Å². The van der Waals surface area contributed by atoms with Crippen molar-refractivity contribution in [1.82, 2.24) is 9.21 Å². The number of thiophene rings is 1. The van der Waals surface area contributed by atoms with Crippen molar-refractivity contribution < 1.29 is 27.5 Å². The largest absolute Gasteiger partial charge is 0.465 e. The summed E-state index contributed by atoms with van der Waals surface area (Å²) in [5.74, 6) is -0.911. The Bertz CT molecular complexity index is 1410. The Morgan fingerprint density at radius 2 is 1.74 bits per heavy atom. The van der Waals surface area contributed by atoms with Crippen LogP contribution < -0.4 is 5.32 Å². The topological polar surface area (TPSA) is 105 Å². The molecule has 2 aromatic carbocycles. The lowest BCUT2D eigenvalue weighted by molar-refractivity contribution is 0.0600. The molecule has 5 rings (SSSR count). The van der Waals surface area contributed by atoms with Crippen LogP contribution in [0.3, 0.4) is 0 Å². The monoisotopic (exact) mass is 555 g/mol. The van der Waals surface area contributed by atoms with Gasteiger partial charge in [0.15, 0.2) is 0 Å². The molecular formula is C27H29N3O6S2. The zero-order chi connectivity index (χ0) is 26.7. The number of benzene rings is 2. The summed E-state index contributed by atoms with van der Waals surface area (Å²) in [6.45, 7) is 3.57. The third-order valence-electron chi connectivity index (χ3n) is 6.73. The van der Waals surface area contributed by atoms with Crippen LogP contribution in [0.4, 0.5) is 5.00 Å². The normalized spacial score (nSPS) is 16.6. The number of morpholine rings is 1. The van der Waals surface area contributed by atoms with Gasteiger partial charge in [0.05, 0.1) is 30.8 Å². The first kappa shape index (κ1) is 26.5. The van der Waals surface area contributed by atoms with Crippen LogP contribution in [0.2, 0.25) is 0 Å². The minimum absolute atomic E-state index is 0.122. The molecule has 1 N–H and O–H groups in total. The fourth-order valence-corrected chi connectivity index (χ4v) is 7.41. The van der Waals surface area contributed by atoms with Gasteiger partial charge in [-0.1, -0.05) is 30.3 Å². The number of nitrogens with zero attached hydrogens (tertiary/aromatic N) is 2. The summed E-state index contributed by atoms with van der Waals surface area (Å²) in [6.07, 6.45) is 0.674. The molecule has 11 heteroatoms. The highest BCUT2D eigenvalue weighted by Crippen LogP contribution is 2.38. The van der Waals surface area contributed by atoms with Crippen LogP contribution in [0.5, 0.6) is 0 Å². The van der Waals surface area contributed by atoms with E-state index >= 15 is 0 Å². The first-order valence-electron chi connectivity index (χ1n) is 12.4. The number of fused-ring (bicyclic) bond motifs is 1. The maximum Gasteiger partial charge on any atom is 0.341 e. The van der Waals surface area contributed by atoms with E-state index in [2.05, 4.69) is 22.3 Å². The molecule has 3 heterocycles. The van der Waals surface area contributed by atoms with E-state index in [4.69, 9.17) is 9.47 Å². The summed E-state index contributed by atoms with van der Waals surface area (Å²) < 4.78 is 37.4. The third kappa shape index (κ3) is 5.52. The van der Waals surface area contributed by atoms with Crippen molar-refractivity contribution in [3.05, 3.63) is 81.7 Å². The Morgan fingerprint density at radius 3 is 2.42 bits per heavy atom. The molecule has 0 aliphatic carbocycles. The summed E-state index contributed by atoms with van der Waals surface area (Å²) >= 11 is 1.38. The summed E-state index contributed by atoms with van der Waals surface area (Å²) in [5.41, 5.74) is 2.81. The van der Waals surface area contributed by atoms with Gasteiger partial charge < -0.3 is 14.8 Å². The molecule has 1 fully saturated rings. The lowest BCUT2D eigenvalue weighted by Crippen LogP contribution is -2.40.